The second-order valence-electron chi connectivity index (χ2n) is 9.92. The van der Waals surface area contributed by atoms with Crippen LogP contribution in [0.5, 0.6) is 0 Å². The lowest BCUT2D eigenvalue weighted by molar-refractivity contribution is 0.442. The highest BCUT2D eigenvalue weighted by molar-refractivity contribution is 9.08. The molecule has 0 saturated heterocycles. The van der Waals surface area contributed by atoms with Gasteiger partial charge in [-0.1, -0.05) is 162 Å². The molecule has 5 heteroatoms. The van der Waals surface area contributed by atoms with E-state index < -0.39 is 5.54 Å². The minimum atomic E-state index is -0.814. The number of halogens is 1. The zero-order valence-electron chi connectivity index (χ0n) is 22.7. The largest absolute Gasteiger partial charge is 0.206 e. The van der Waals surface area contributed by atoms with Crippen molar-refractivity contribution in [3.63, 3.8) is 0 Å². The predicted molar refractivity (Wildman–Crippen MR) is 170 cm³/mol. The summed E-state index contributed by atoms with van der Waals surface area (Å²) >= 11 is 3.58. The van der Waals surface area contributed by atoms with Crippen molar-refractivity contribution in [2.75, 3.05) is 0 Å². The fraction of sp³-hybridized carbons (Fsp3) is 0.0833. The molecule has 200 valence electrons. The van der Waals surface area contributed by atoms with E-state index in [2.05, 4.69) is 149 Å². The van der Waals surface area contributed by atoms with Gasteiger partial charge in [0, 0.05) is 10.9 Å². The van der Waals surface area contributed by atoms with Crippen LogP contribution in [0.15, 0.2) is 146 Å². The maximum absolute atomic E-state index is 4.75. The highest BCUT2D eigenvalue weighted by Gasteiger charge is 2.42. The molecule has 0 spiro atoms. The van der Waals surface area contributed by atoms with Gasteiger partial charge in [0.25, 0.3) is 0 Å². The van der Waals surface area contributed by atoms with Crippen molar-refractivity contribution in [2.45, 2.75) is 17.8 Å². The summed E-state index contributed by atoms with van der Waals surface area (Å²) in [7, 11) is 0. The van der Waals surface area contributed by atoms with E-state index in [4.69, 9.17) is 10.3 Å². The lowest BCUT2D eigenvalue weighted by Gasteiger charge is -2.36. The van der Waals surface area contributed by atoms with Crippen LogP contribution in [-0.2, 0) is 10.9 Å². The van der Waals surface area contributed by atoms with Crippen molar-refractivity contribution in [1.82, 2.24) is 20.2 Å². The molecule has 0 fully saturated rings. The summed E-state index contributed by atoms with van der Waals surface area (Å²) in [5.41, 5.74) is 7.91. The van der Waals surface area contributed by atoms with Gasteiger partial charge in [-0.25, -0.2) is 4.68 Å². The molecule has 0 aliphatic carbocycles. The van der Waals surface area contributed by atoms with E-state index in [1.165, 1.54) is 5.56 Å². The lowest BCUT2D eigenvalue weighted by atomic mass is 9.76. The van der Waals surface area contributed by atoms with Crippen molar-refractivity contribution in [1.29, 1.82) is 0 Å². The Balaban J connectivity index is 1.69. The van der Waals surface area contributed by atoms with E-state index >= 15 is 0 Å². The molecule has 0 radical (unpaired) electrons. The summed E-state index contributed by atoms with van der Waals surface area (Å²) in [6, 6.07) is 50.6. The summed E-state index contributed by atoms with van der Waals surface area (Å²) in [4.78, 5) is 0. The molecule has 0 amide bonds. The van der Waals surface area contributed by atoms with E-state index in [-0.39, 0.29) is 0 Å². The van der Waals surface area contributed by atoms with Gasteiger partial charge in [-0.15, -0.1) is 5.10 Å². The number of benzene rings is 5. The van der Waals surface area contributed by atoms with E-state index in [1.54, 1.807) is 0 Å². The molecule has 0 atom stereocenters. The molecule has 0 saturated carbocycles. The molecule has 0 aliphatic rings. The first kappa shape index (κ1) is 26.6. The van der Waals surface area contributed by atoms with Gasteiger partial charge in [0.2, 0.25) is 0 Å². The first-order valence-electron chi connectivity index (χ1n) is 13.6. The van der Waals surface area contributed by atoms with Crippen LogP contribution in [0.25, 0.3) is 11.1 Å². The Morgan fingerprint density at radius 3 is 1.51 bits per heavy atom. The average molecular weight is 598 g/mol. The van der Waals surface area contributed by atoms with Crippen LogP contribution < -0.4 is 0 Å². The topological polar surface area (TPSA) is 43.6 Å². The van der Waals surface area contributed by atoms with E-state index in [0.717, 1.165) is 44.3 Å². The van der Waals surface area contributed by atoms with Crippen LogP contribution >= 0.6 is 15.9 Å². The Morgan fingerprint density at radius 1 is 0.610 bits per heavy atom. The number of rotatable bonds is 8. The van der Waals surface area contributed by atoms with Crippen molar-refractivity contribution in [3.8, 4) is 0 Å². The quantitative estimate of drug-likeness (QED) is 0.131. The standard InChI is InChI=1S/C36H29BrN4/c1-27(34(29-14-6-2-7-15-29)30-24-22-28(26-37)23-25-30)35-38-39-40-41(35)36(31-16-8-3-9-17-31,32-18-10-4-11-19-32)33-20-12-5-13-21-33/h2-25H,26H2,1H3. The minimum absolute atomic E-state index is 0.699. The first-order valence-corrected chi connectivity index (χ1v) is 14.7. The Bertz CT molecular complexity index is 1650. The number of aromatic nitrogens is 4. The van der Waals surface area contributed by atoms with Crippen LogP contribution in [0.1, 0.15) is 46.1 Å². The molecule has 4 nitrogen and oxygen atoms in total. The maximum Gasteiger partial charge on any atom is 0.179 e. The third kappa shape index (κ3) is 4.94. The summed E-state index contributed by atoms with van der Waals surface area (Å²) in [6.45, 7) is 2.12. The maximum atomic E-state index is 4.75. The molecule has 5 aromatic carbocycles. The molecule has 0 bridgehead atoms. The number of alkyl halides is 1. The summed E-state index contributed by atoms with van der Waals surface area (Å²) in [5, 5.41) is 14.6. The Hall–Kier alpha value is -4.61. The van der Waals surface area contributed by atoms with Crippen LogP contribution in [0, 0.1) is 0 Å². The predicted octanol–water partition coefficient (Wildman–Crippen LogP) is 8.39. The van der Waals surface area contributed by atoms with E-state index in [1.807, 2.05) is 28.9 Å². The van der Waals surface area contributed by atoms with Crippen molar-refractivity contribution in [3.05, 3.63) is 185 Å². The monoisotopic (exact) mass is 596 g/mol. The van der Waals surface area contributed by atoms with Crippen molar-refractivity contribution >= 4 is 27.1 Å². The van der Waals surface area contributed by atoms with Crippen LogP contribution in [0.4, 0.5) is 0 Å². The second kappa shape index (κ2) is 11.9. The fourth-order valence-electron chi connectivity index (χ4n) is 5.63. The number of nitrogens with zero attached hydrogens (tertiary/aromatic N) is 4. The molecule has 41 heavy (non-hydrogen) atoms. The van der Waals surface area contributed by atoms with Gasteiger partial charge in [-0.3, -0.25) is 0 Å². The fourth-order valence-corrected chi connectivity index (χ4v) is 6.00. The van der Waals surface area contributed by atoms with Crippen LogP contribution in [0.3, 0.4) is 0 Å². The molecular formula is C36H29BrN4. The number of hydrogen-bond donors (Lipinski definition) is 0. The third-order valence-corrected chi connectivity index (χ3v) is 8.18. The van der Waals surface area contributed by atoms with Crippen LogP contribution in [0.2, 0.25) is 0 Å². The number of hydrogen-bond acceptors (Lipinski definition) is 3. The summed E-state index contributed by atoms with van der Waals surface area (Å²) < 4.78 is 2.00. The van der Waals surface area contributed by atoms with Gasteiger partial charge in [0.15, 0.2) is 5.82 Å². The van der Waals surface area contributed by atoms with Crippen molar-refractivity contribution < 1.29 is 0 Å². The second-order valence-corrected chi connectivity index (χ2v) is 10.5. The molecule has 6 aromatic rings. The van der Waals surface area contributed by atoms with Gasteiger partial charge >= 0.3 is 0 Å². The Kier molecular flexibility index (Phi) is 7.70. The zero-order valence-corrected chi connectivity index (χ0v) is 24.3. The summed E-state index contributed by atoms with van der Waals surface area (Å²) in [5.74, 6) is 0.699. The first-order chi connectivity index (χ1) is 20.2. The molecule has 6 rings (SSSR count). The molecule has 0 unspecified atom stereocenters. The van der Waals surface area contributed by atoms with Gasteiger partial charge in [0.05, 0.1) is 0 Å². The smallest absolute Gasteiger partial charge is 0.179 e. The van der Waals surface area contributed by atoms with Crippen LogP contribution in [-0.4, -0.2) is 20.2 Å². The molecular weight excluding hydrogens is 568 g/mol. The normalized spacial score (nSPS) is 12.1. The highest BCUT2D eigenvalue weighted by atomic mass is 79.9. The number of tetrazole rings is 1. The Morgan fingerprint density at radius 2 is 1.05 bits per heavy atom. The highest BCUT2D eigenvalue weighted by Crippen LogP contribution is 2.42. The van der Waals surface area contributed by atoms with Gasteiger partial charge in [-0.05, 0) is 56.3 Å². The number of allylic oxidation sites excluding steroid dienone is 1. The van der Waals surface area contributed by atoms with E-state index in [9.17, 15) is 0 Å². The van der Waals surface area contributed by atoms with Gasteiger partial charge in [0.1, 0.15) is 5.54 Å². The van der Waals surface area contributed by atoms with Gasteiger partial charge < -0.3 is 0 Å². The minimum Gasteiger partial charge on any atom is -0.206 e. The summed E-state index contributed by atoms with van der Waals surface area (Å²) in [6.07, 6.45) is 0. The molecule has 1 heterocycles. The Labute approximate surface area is 249 Å². The lowest BCUT2D eigenvalue weighted by Crippen LogP contribution is -2.39. The van der Waals surface area contributed by atoms with E-state index in [0.29, 0.717) is 5.82 Å². The molecule has 1 aromatic heterocycles. The SMILES string of the molecule is CC(=C(c1ccccc1)c1ccc(CBr)cc1)c1nnnn1C(c1ccccc1)(c1ccccc1)c1ccccc1. The van der Waals surface area contributed by atoms with Gasteiger partial charge in [-0.2, -0.15) is 0 Å². The zero-order chi connectivity index (χ0) is 28.1. The molecule has 0 N–H and O–H groups in total. The third-order valence-electron chi connectivity index (χ3n) is 7.53. The average Bonchev–Trinajstić information content (AvgIpc) is 3.54. The van der Waals surface area contributed by atoms with Crippen molar-refractivity contribution in [2.24, 2.45) is 0 Å². The molecule has 0 aliphatic heterocycles.